The molecule has 2 aliphatic rings. The monoisotopic (exact) mass is 384 g/mol. The average molecular weight is 385 g/mol. The van der Waals surface area contributed by atoms with Crippen molar-refractivity contribution in [1.82, 2.24) is 29.4 Å². The summed E-state index contributed by atoms with van der Waals surface area (Å²) in [7, 11) is 4.04. The van der Waals surface area contributed by atoms with Crippen molar-refractivity contribution in [3.8, 4) is 0 Å². The van der Waals surface area contributed by atoms with Crippen LogP contribution in [0.1, 0.15) is 82.9 Å². The Morgan fingerprint density at radius 2 is 1.75 bits per heavy atom. The quantitative estimate of drug-likeness (QED) is 0.788. The number of rotatable bonds is 5. The summed E-state index contributed by atoms with van der Waals surface area (Å²) in [4.78, 5) is 5.26. The number of nitrogens with zero attached hydrogens (tertiary/aromatic N) is 6. The molecule has 2 unspecified atom stereocenters. The van der Waals surface area contributed by atoms with Gasteiger partial charge in [-0.1, -0.05) is 0 Å². The largest absolute Gasteiger partial charge is 0.288 e. The summed E-state index contributed by atoms with van der Waals surface area (Å²) < 4.78 is 3.91. The fourth-order valence-electron chi connectivity index (χ4n) is 5.55. The van der Waals surface area contributed by atoms with E-state index in [0.29, 0.717) is 12.1 Å². The van der Waals surface area contributed by atoms with Crippen molar-refractivity contribution < 1.29 is 0 Å². The van der Waals surface area contributed by atoms with E-state index >= 15 is 0 Å². The molecule has 0 saturated heterocycles. The first-order chi connectivity index (χ1) is 13.0. The van der Waals surface area contributed by atoms with Crippen molar-refractivity contribution >= 4 is 0 Å². The topological polar surface area (TPSA) is 42.1 Å². The lowest BCUT2D eigenvalue weighted by Crippen LogP contribution is -2.50. The standard InChI is InChI=1S/C22H36N6/c1-15(27-13-17-11-25(7)23-19(17)16(27)2)9-10-21(3,4)28-14-18-12-26(8)24-20(18)22(28,5)6/h11-12,15-16H,9-10,13-14H2,1-8H3. The van der Waals surface area contributed by atoms with Crippen LogP contribution in [-0.2, 0) is 32.7 Å². The van der Waals surface area contributed by atoms with Gasteiger partial charge in [-0.25, -0.2) is 0 Å². The minimum absolute atomic E-state index is 0.0224. The molecule has 2 aromatic rings. The maximum atomic E-state index is 4.76. The molecule has 0 fully saturated rings. The molecule has 0 radical (unpaired) electrons. The van der Waals surface area contributed by atoms with Gasteiger partial charge in [0.25, 0.3) is 0 Å². The first kappa shape index (κ1) is 19.6. The average Bonchev–Trinajstić information content (AvgIpc) is 3.29. The molecular weight excluding hydrogens is 348 g/mol. The maximum absolute atomic E-state index is 4.76. The summed E-state index contributed by atoms with van der Waals surface area (Å²) >= 11 is 0. The van der Waals surface area contributed by atoms with Gasteiger partial charge in [0.1, 0.15) is 0 Å². The summed E-state index contributed by atoms with van der Waals surface area (Å²) in [5, 5.41) is 9.44. The second-order valence-electron chi connectivity index (χ2n) is 10.1. The van der Waals surface area contributed by atoms with E-state index in [2.05, 4.69) is 68.8 Å². The molecule has 0 bridgehead atoms. The third kappa shape index (κ3) is 3.01. The van der Waals surface area contributed by atoms with Crippen LogP contribution in [0.4, 0.5) is 0 Å². The van der Waals surface area contributed by atoms with E-state index in [9.17, 15) is 0 Å². The fraction of sp³-hybridized carbons (Fsp3) is 0.727. The van der Waals surface area contributed by atoms with Crippen LogP contribution in [0.25, 0.3) is 0 Å². The smallest absolute Gasteiger partial charge is 0.0867 e. The van der Waals surface area contributed by atoms with Crippen LogP contribution in [0, 0.1) is 0 Å². The minimum Gasteiger partial charge on any atom is -0.288 e. The lowest BCUT2D eigenvalue weighted by molar-refractivity contribution is 0.00824. The number of fused-ring (bicyclic) bond motifs is 2. The van der Waals surface area contributed by atoms with Gasteiger partial charge in [0, 0.05) is 62.3 Å². The highest BCUT2D eigenvalue weighted by Gasteiger charge is 2.46. The van der Waals surface area contributed by atoms with Crippen LogP contribution in [-0.4, -0.2) is 40.9 Å². The summed E-state index contributed by atoms with van der Waals surface area (Å²) in [6.07, 6.45) is 6.72. The minimum atomic E-state index is -0.0224. The number of aryl methyl sites for hydroxylation is 2. The highest BCUT2D eigenvalue weighted by Crippen LogP contribution is 2.44. The zero-order valence-corrected chi connectivity index (χ0v) is 18.8. The summed E-state index contributed by atoms with van der Waals surface area (Å²) in [6.45, 7) is 16.1. The van der Waals surface area contributed by atoms with Crippen molar-refractivity contribution in [2.45, 2.75) is 90.6 Å². The lowest BCUT2D eigenvalue weighted by atomic mass is 9.89. The molecule has 0 saturated carbocycles. The Bertz CT molecular complexity index is 874. The molecule has 0 aliphatic carbocycles. The summed E-state index contributed by atoms with van der Waals surface area (Å²) in [5.41, 5.74) is 5.38. The van der Waals surface area contributed by atoms with Gasteiger partial charge in [0.05, 0.1) is 23.0 Å². The SMILES string of the molecule is CC(CCC(C)(C)N1Cc2cn(C)nc2C1(C)C)N1Cc2cn(C)nc2C1C. The van der Waals surface area contributed by atoms with Gasteiger partial charge in [-0.3, -0.25) is 19.2 Å². The van der Waals surface area contributed by atoms with E-state index in [1.165, 1.54) is 35.4 Å². The molecule has 0 N–H and O–H groups in total. The molecule has 0 spiro atoms. The molecule has 2 aromatic heterocycles. The molecule has 6 nitrogen and oxygen atoms in total. The lowest BCUT2D eigenvalue weighted by Gasteiger charge is -2.45. The fourth-order valence-corrected chi connectivity index (χ4v) is 5.55. The van der Waals surface area contributed by atoms with E-state index in [-0.39, 0.29) is 11.1 Å². The van der Waals surface area contributed by atoms with E-state index in [4.69, 9.17) is 5.10 Å². The summed E-state index contributed by atoms with van der Waals surface area (Å²) in [5.74, 6) is 0. The summed E-state index contributed by atoms with van der Waals surface area (Å²) in [6, 6.07) is 0.952. The van der Waals surface area contributed by atoms with E-state index in [1.807, 2.05) is 23.5 Å². The molecule has 154 valence electrons. The Kier molecular flexibility index (Phi) is 4.51. The van der Waals surface area contributed by atoms with E-state index < -0.39 is 0 Å². The Labute approximate surface area is 169 Å². The Morgan fingerprint density at radius 1 is 1.11 bits per heavy atom. The Hall–Kier alpha value is -1.66. The first-order valence-corrected chi connectivity index (χ1v) is 10.6. The molecule has 0 amide bonds. The third-order valence-electron chi connectivity index (χ3n) is 7.14. The van der Waals surface area contributed by atoms with Crippen LogP contribution >= 0.6 is 0 Å². The Balaban J connectivity index is 1.42. The first-order valence-electron chi connectivity index (χ1n) is 10.6. The van der Waals surface area contributed by atoms with Crippen molar-refractivity contribution in [2.24, 2.45) is 14.1 Å². The van der Waals surface area contributed by atoms with Crippen molar-refractivity contribution in [1.29, 1.82) is 0 Å². The van der Waals surface area contributed by atoms with E-state index in [1.54, 1.807) is 0 Å². The molecule has 4 heterocycles. The van der Waals surface area contributed by atoms with Gasteiger partial charge in [-0.15, -0.1) is 0 Å². The van der Waals surface area contributed by atoms with Crippen molar-refractivity contribution in [3.05, 3.63) is 34.9 Å². The number of hydrogen-bond donors (Lipinski definition) is 0. The van der Waals surface area contributed by atoms with Gasteiger partial charge in [0.15, 0.2) is 0 Å². The van der Waals surface area contributed by atoms with Gasteiger partial charge in [-0.2, -0.15) is 10.2 Å². The second-order valence-corrected chi connectivity index (χ2v) is 10.1. The zero-order valence-electron chi connectivity index (χ0n) is 18.8. The second kappa shape index (κ2) is 6.42. The van der Waals surface area contributed by atoms with Gasteiger partial charge in [0.2, 0.25) is 0 Å². The molecule has 28 heavy (non-hydrogen) atoms. The molecule has 6 heteroatoms. The maximum Gasteiger partial charge on any atom is 0.0867 e. The van der Waals surface area contributed by atoms with Crippen LogP contribution in [0.2, 0.25) is 0 Å². The Morgan fingerprint density at radius 3 is 2.39 bits per heavy atom. The van der Waals surface area contributed by atoms with E-state index in [0.717, 1.165) is 13.1 Å². The molecular formula is C22H36N6. The normalized spacial score (nSPS) is 23.2. The van der Waals surface area contributed by atoms with Crippen LogP contribution in [0.15, 0.2) is 12.4 Å². The molecule has 0 aromatic carbocycles. The molecule has 2 atom stereocenters. The van der Waals surface area contributed by atoms with Crippen LogP contribution < -0.4 is 0 Å². The highest BCUT2D eigenvalue weighted by molar-refractivity contribution is 5.31. The van der Waals surface area contributed by atoms with Crippen molar-refractivity contribution in [2.75, 3.05) is 0 Å². The third-order valence-corrected chi connectivity index (χ3v) is 7.14. The predicted molar refractivity (Wildman–Crippen MR) is 112 cm³/mol. The number of aromatic nitrogens is 4. The van der Waals surface area contributed by atoms with Gasteiger partial charge < -0.3 is 0 Å². The van der Waals surface area contributed by atoms with Gasteiger partial charge in [-0.05, 0) is 54.4 Å². The van der Waals surface area contributed by atoms with Gasteiger partial charge >= 0.3 is 0 Å². The van der Waals surface area contributed by atoms with Crippen molar-refractivity contribution in [3.63, 3.8) is 0 Å². The highest BCUT2D eigenvalue weighted by atomic mass is 15.3. The number of hydrogen-bond acceptors (Lipinski definition) is 4. The van der Waals surface area contributed by atoms with Crippen LogP contribution in [0.3, 0.4) is 0 Å². The molecule has 2 aliphatic heterocycles. The predicted octanol–water partition coefficient (Wildman–Crippen LogP) is 3.73. The van der Waals surface area contributed by atoms with Crippen LogP contribution in [0.5, 0.6) is 0 Å². The molecule has 4 rings (SSSR count). The zero-order chi connectivity index (χ0) is 20.4.